The molecule has 0 N–H and O–H groups in total. The average Bonchev–Trinajstić information content (AvgIpc) is 3.13. The summed E-state index contributed by atoms with van der Waals surface area (Å²) in [6, 6.07) is 25.5. The van der Waals surface area contributed by atoms with E-state index in [1.807, 2.05) is 105 Å². The molecule has 4 nitrogen and oxygen atoms in total. The Bertz CT molecular complexity index is 1360. The predicted octanol–water partition coefficient (Wildman–Crippen LogP) is 5.98. The molecule has 0 aromatic heterocycles. The van der Waals surface area contributed by atoms with Crippen LogP contribution in [0.15, 0.2) is 72.9 Å². The predicted molar refractivity (Wildman–Crippen MR) is 129 cm³/mol. The molecule has 0 spiro atoms. The van der Waals surface area contributed by atoms with E-state index in [1.165, 1.54) is 0 Å². The van der Waals surface area contributed by atoms with Crippen LogP contribution in [-0.4, -0.2) is 16.7 Å². The van der Waals surface area contributed by atoms with Gasteiger partial charge in [0.25, 0.3) is 0 Å². The van der Waals surface area contributed by atoms with Gasteiger partial charge in [0.15, 0.2) is 11.2 Å². The second-order valence-electron chi connectivity index (χ2n) is 9.99. The Balaban J connectivity index is 1.86. The van der Waals surface area contributed by atoms with Crippen molar-refractivity contribution in [3.63, 3.8) is 0 Å². The minimum absolute atomic E-state index is 0.0295. The van der Waals surface area contributed by atoms with E-state index < -0.39 is 28.8 Å². The van der Waals surface area contributed by atoms with Crippen molar-refractivity contribution in [2.45, 2.75) is 38.8 Å². The van der Waals surface area contributed by atoms with Crippen molar-refractivity contribution >= 4 is 22.6 Å². The third kappa shape index (κ3) is 2.91. The highest BCUT2D eigenvalue weighted by atomic mass is 16.1. The number of nitriles is 2. The molecule has 3 atom stereocenters. The van der Waals surface area contributed by atoms with Crippen molar-refractivity contribution in [2.75, 3.05) is 0 Å². The average molecular weight is 432 g/mol. The number of hydrogen-bond acceptors (Lipinski definition) is 4. The third-order valence-corrected chi connectivity index (χ3v) is 7.11. The number of fused-ring (bicyclic) bond motifs is 4. The van der Waals surface area contributed by atoms with Crippen LogP contribution < -0.4 is 0 Å². The summed E-state index contributed by atoms with van der Waals surface area (Å²) in [5.41, 5.74) is 0.700. The number of ketones is 1. The summed E-state index contributed by atoms with van der Waals surface area (Å²) in [6.45, 7) is 5.72. The lowest BCUT2D eigenvalue weighted by atomic mass is 9.66. The van der Waals surface area contributed by atoms with Crippen LogP contribution in [0.3, 0.4) is 0 Å². The summed E-state index contributed by atoms with van der Waals surface area (Å²) in [5, 5.41) is 23.3. The smallest absolute Gasteiger partial charge is 0.177 e. The molecule has 0 amide bonds. The quantitative estimate of drug-likeness (QED) is 0.500. The van der Waals surface area contributed by atoms with E-state index in [0.29, 0.717) is 0 Å². The topological polar surface area (TPSA) is 67.9 Å². The Morgan fingerprint density at radius 3 is 2.27 bits per heavy atom. The van der Waals surface area contributed by atoms with Crippen LogP contribution in [0.4, 0.5) is 0 Å². The van der Waals surface area contributed by atoms with Gasteiger partial charge in [0.05, 0.1) is 24.2 Å². The maximum absolute atomic E-state index is 14.0. The largest absolute Gasteiger partial charge is 0.357 e. The van der Waals surface area contributed by atoms with Crippen molar-refractivity contribution in [3.05, 3.63) is 89.6 Å². The van der Waals surface area contributed by atoms with Gasteiger partial charge in [0.1, 0.15) is 0 Å². The first-order chi connectivity index (χ1) is 15.8. The number of carbonyl (C=O) groups excluding carboxylic acids is 1. The van der Waals surface area contributed by atoms with Crippen LogP contribution in [0.25, 0.3) is 16.8 Å². The first-order valence-corrected chi connectivity index (χ1v) is 11.2. The van der Waals surface area contributed by atoms with Crippen LogP contribution in [0.5, 0.6) is 0 Å². The molecule has 162 valence electrons. The fraction of sp³-hybridized carbons (Fsp3) is 0.276. The van der Waals surface area contributed by atoms with Crippen molar-refractivity contribution in [2.24, 2.45) is 10.8 Å². The monoisotopic (exact) mass is 431 g/mol. The van der Waals surface area contributed by atoms with E-state index in [9.17, 15) is 15.3 Å². The number of Topliss-reactive ketones (excluding diaryl/α,β-unsaturated/α-hetero) is 1. The van der Waals surface area contributed by atoms with Gasteiger partial charge in [-0.2, -0.15) is 10.5 Å². The molecule has 33 heavy (non-hydrogen) atoms. The number of hydrogen-bond donors (Lipinski definition) is 0. The molecule has 1 saturated heterocycles. The number of rotatable bonds is 2. The molecule has 2 heterocycles. The van der Waals surface area contributed by atoms with Crippen molar-refractivity contribution in [1.82, 2.24) is 4.90 Å². The molecule has 1 fully saturated rings. The second-order valence-corrected chi connectivity index (χ2v) is 9.99. The van der Waals surface area contributed by atoms with Crippen LogP contribution in [0.1, 0.15) is 49.4 Å². The Morgan fingerprint density at radius 2 is 1.55 bits per heavy atom. The highest BCUT2D eigenvalue weighted by Gasteiger charge is 2.64. The molecule has 0 bridgehead atoms. The second kappa shape index (κ2) is 7.32. The van der Waals surface area contributed by atoms with Crippen LogP contribution >= 0.6 is 0 Å². The van der Waals surface area contributed by atoms with Gasteiger partial charge in [-0.05, 0) is 33.5 Å². The SMILES string of the molecule is CC(C)(C)C(=O)[C@H]1[C@@H](c2cccc3ccccc23)C(C#N)(C#N)[C@H]2c3ccccc3C=CN12. The summed E-state index contributed by atoms with van der Waals surface area (Å²) in [7, 11) is 0. The Morgan fingerprint density at radius 1 is 0.909 bits per heavy atom. The molecule has 4 heteroatoms. The van der Waals surface area contributed by atoms with Gasteiger partial charge in [-0.3, -0.25) is 4.79 Å². The normalized spacial score (nSPS) is 22.8. The molecular formula is C29H25N3O. The summed E-state index contributed by atoms with van der Waals surface area (Å²) in [6.07, 6.45) is 3.90. The zero-order valence-electron chi connectivity index (χ0n) is 19.0. The zero-order valence-corrected chi connectivity index (χ0v) is 19.0. The summed E-state index contributed by atoms with van der Waals surface area (Å²) in [5.74, 6) is -0.576. The molecule has 0 saturated carbocycles. The lowest BCUT2D eigenvalue weighted by Crippen LogP contribution is -2.43. The first kappa shape index (κ1) is 21.0. The molecule has 3 aromatic rings. The maximum Gasteiger partial charge on any atom is 0.177 e. The first-order valence-electron chi connectivity index (χ1n) is 11.2. The molecule has 2 aliphatic rings. The Kier molecular flexibility index (Phi) is 4.66. The minimum atomic E-state index is -1.43. The lowest BCUT2D eigenvalue weighted by Gasteiger charge is -2.36. The molecule has 0 unspecified atom stereocenters. The number of carbonyl (C=O) groups is 1. The fourth-order valence-corrected chi connectivity index (χ4v) is 5.60. The molecule has 0 aliphatic carbocycles. The van der Waals surface area contributed by atoms with E-state index in [2.05, 4.69) is 12.1 Å². The Hall–Kier alpha value is -3.89. The van der Waals surface area contributed by atoms with E-state index in [4.69, 9.17) is 0 Å². The molecule has 2 aliphatic heterocycles. The highest BCUT2D eigenvalue weighted by Crippen LogP contribution is 2.61. The molecule has 0 radical (unpaired) electrons. The summed E-state index contributed by atoms with van der Waals surface area (Å²) >= 11 is 0. The van der Waals surface area contributed by atoms with Crippen LogP contribution in [-0.2, 0) is 4.79 Å². The summed E-state index contributed by atoms with van der Waals surface area (Å²) in [4.78, 5) is 16.0. The Labute approximate surface area is 194 Å². The zero-order chi connectivity index (χ0) is 23.4. The number of nitrogens with zero attached hydrogens (tertiary/aromatic N) is 3. The van der Waals surface area contributed by atoms with Gasteiger partial charge in [-0.1, -0.05) is 87.5 Å². The highest BCUT2D eigenvalue weighted by molar-refractivity contribution is 5.93. The lowest BCUT2D eigenvalue weighted by molar-refractivity contribution is -0.130. The van der Waals surface area contributed by atoms with Gasteiger partial charge < -0.3 is 4.90 Å². The van der Waals surface area contributed by atoms with E-state index in [0.717, 1.165) is 27.5 Å². The van der Waals surface area contributed by atoms with Gasteiger partial charge in [0, 0.05) is 17.5 Å². The van der Waals surface area contributed by atoms with E-state index >= 15 is 0 Å². The standard InChI is InChI=1S/C29H25N3O/c1-28(2,3)27(33)25-24(23-14-8-11-19-9-4-6-12-21(19)23)29(17-30,18-31)26-22-13-7-5-10-20(22)15-16-32(25)26/h4-16,24-26H,1-3H3/t24-,25-,26-/m1/s1. The van der Waals surface area contributed by atoms with Crippen LogP contribution in [0.2, 0.25) is 0 Å². The maximum atomic E-state index is 14.0. The van der Waals surface area contributed by atoms with Crippen molar-refractivity contribution < 1.29 is 4.79 Å². The van der Waals surface area contributed by atoms with E-state index in [1.54, 1.807) is 0 Å². The molecule has 5 rings (SSSR count). The van der Waals surface area contributed by atoms with Gasteiger partial charge in [0.2, 0.25) is 0 Å². The van der Waals surface area contributed by atoms with Crippen molar-refractivity contribution in [1.29, 1.82) is 10.5 Å². The number of benzene rings is 3. The molecular weight excluding hydrogens is 406 g/mol. The van der Waals surface area contributed by atoms with Gasteiger partial charge in [-0.15, -0.1) is 0 Å². The van der Waals surface area contributed by atoms with E-state index in [-0.39, 0.29) is 5.78 Å². The van der Waals surface area contributed by atoms with Crippen molar-refractivity contribution in [3.8, 4) is 12.1 Å². The molecule has 3 aromatic carbocycles. The van der Waals surface area contributed by atoms with Gasteiger partial charge in [-0.25, -0.2) is 0 Å². The van der Waals surface area contributed by atoms with Crippen LogP contribution in [0, 0.1) is 33.5 Å². The summed E-state index contributed by atoms with van der Waals surface area (Å²) < 4.78 is 0. The minimum Gasteiger partial charge on any atom is -0.357 e. The van der Waals surface area contributed by atoms with Gasteiger partial charge >= 0.3 is 0 Å². The third-order valence-electron chi connectivity index (χ3n) is 7.11. The fourth-order valence-electron chi connectivity index (χ4n) is 5.60.